The zero-order chi connectivity index (χ0) is 15.6. The van der Waals surface area contributed by atoms with Gasteiger partial charge in [0.05, 0.1) is 12.5 Å². The summed E-state index contributed by atoms with van der Waals surface area (Å²) in [6, 6.07) is 0. The summed E-state index contributed by atoms with van der Waals surface area (Å²) >= 11 is 0. The van der Waals surface area contributed by atoms with E-state index in [0.29, 0.717) is 0 Å². The first-order valence-electron chi connectivity index (χ1n) is 7.74. The molecule has 2 saturated heterocycles. The summed E-state index contributed by atoms with van der Waals surface area (Å²) in [5.74, 6) is -5.11. The third kappa shape index (κ3) is 3.59. The van der Waals surface area contributed by atoms with Gasteiger partial charge in [-0.2, -0.15) is 0 Å². The van der Waals surface area contributed by atoms with Crippen LogP contribution in [0.3, 0.4) is 0 Å². The summed E-state index contributed by atoms with van der Waals surface area (Å²) in [5.41, 5.74) is 0. The van der Waals surface area contributed by atoms with Gasteiger partial charge in [0.25, 0.3) is 5.92 Å². The van der Waals surface area contributed by atoms with Gasteiger partial charge in [-0.1, -0.05) is 6.92 Å². The first kappa shape index (κ1) is 16.3. The highest BCUT2D eigenvalue weighted by Gasteiger charge is 2.48. The van der Waals surface area contributed by atoms with Crippen LogP contribution in [0.1, 0.15) is 33.1 Å². The Bertz CT molecular complexity index is 406. The lowest BCUT2D eigenvalue weighted by Gasteiger charge is -2.40. The SMILES string of the molecule is CCN1CCC(C(=O)N2CCC(C(C)=O)C(F)(F)C2)CC1. The number of likely N-dealkylation sites (tertiary alicyclic amines) is 2. The number of hydrogen-bond donors (Lipinski definition) is 0. The van der Waals surface area contributed by atoms with Crippen molar-refractivity contribution in [3.8, 4) is 0 Å². The molecule has 0 radical (unpaired) electrons. The molecule has 0 saturated carbocycles. The van der Waals surface area contributed by atoms with Crippen LogP contribution in [0.2, 0.25) is 0 Å². The van der Waals surface area contributed by atoms with Gasteiger partial charge >= 0.3 is 0 Å². The summed E-state index contributed by atoms with van der Waals surface area (Å²) in [6.07, 6.45) is 1.55. The minimum Gasteiger partial charge on any atom is -0.336 e. The number of Topliss-reactive ketones (excluding diaryl/α,β-unsaturated/α-hetero) is 1. The maximum atomic E-state index is 14.0. The van der Waals surface area contributed by atoms with E-state index >= 15 is 0 Å². The van der Waals surface area contributed by atoms with Gasteiger partial charge in [-0.05, 0) is 45.8 Å². The molecule has 1 amide bonds. The first-order valence-corrected chi connectivity index (χ1v) is 7.74. The third-order valence-corrected chi connectivity index (χ3v) is 4.79. The van der Waals surface area contributed by atoms with E-state index in [0.717, 1.165) is 32.5 Å². The molecule has 2 aliphatic heterocycles. The molecule has 0 aromatic rings. The van der Waals surface area contributed by atoms with Crippen molar-refractivity contribution in [1.82, 2.24) is 9.80 Å². The minimum absolute atomic E-state index is 0.0713. The molecular formula is C15H24F2N2O2. The minimum atomic E-state index is -3.09. The van der Waals surface area contributed by atoms with E-state index in [1.54, 1.807) is 0 Å². The average Bonchev–Trinajstić information content (AvgIpc) is 2.45. The Morgan fingerprint density at radius 1 is 1.14 bits per heavy atom. The fourth-order valence-corrected chi connectivity index (χ4v) is 3.38. The van der Waals surface area contributed by atoms with Crippen LogP contribution in [0.5, 0.6) is 0 Å². The zero-order valence-electron chi connectivity index (χ0n) is 12.8. The molecule has 4 nitrogen and oxygen atoms in total. The van der Waals surface area contributed by atoms with Crippen LogP contribution in [0.4, 0.5) is 8.78 Å². The van der Waals surface area contributed by atoms with E-state index in [9.17, 15) is 18.4 Å². The fraction of sp³-hybridized carbons (Fsp3) is 0.867. The van der Waals surface area contributed by atoms with Gasteiger partial charge in [-0.25, -0.2) is 8.78 Å². The predicted molar refractivity (Wildman–Crippen MR) is 75.2 cm³/mol. The number of ketones is 1. The highest BCUT2D eigenvalue weighted by atomic mass is 19.3. The molecule has 0 aromatic carbocycles. The molecule has 1 atom stereocenters. The Kier molecular flexibility index (Phi) is 4.96. The van der Waals surface area contributed by atoms with Gasteiger partial charge in [0, 0.05) is 12.5 Å². The zero-order valence-corrected chi connectivity index (χ0v) is 12.8. The number of amides is 1. The van der Waals surface area contributed by atoms with Gasteiger partial charge in [-0.15, -0.1) is 0 Å². The predicted octanol–water partition coefficient (Wildman–Crippen LogP) is 1.79. The number of halogens is 2. The van der Waals surface area contributed by atoms with Crippen LogP contribution in [0.25, 0.3) is 0 Å². The fourth-order valence-electron chi connectivity index (χ4n) is 3.38. The Morgan fingerprint density at radius 3 is 2.24 bits per heavy atom. The number of rotatable bonds is 3. The van der Waals surface area contributed by atoms with E-state index in [4.69, 9.17) is 0 Å². The number of piperidine rings is 2. The van der Waals surface area contributed by atoms with Gasteiger partial charge < -0.3 is 9.80 Å². The Labute approximate surface area is 124 Å². The van der Waals surface area contributed by atoms with Crippen molar-refractivity contribution in [2.24, 2.45) is 11.8 Å². The van der Waals surface area contributed by atoms with Crippen LogP contribution < -0.4 is 0 Å². The number of hydrogen-bond acceptors (Lipinski definition) is 3. The van der Waals surface area contributed by atoms with Crippen molar-refractivity contribution < 1.29 is 18.4 Å². The molecule has 0 bridgehead atoms. The molecule has 0 aliphatic carbocycles. The number of carbonyl (C=O) groups is 2. The van der Waals surface area contributed by atoms with Crippen molar-refractivity contribution in [3.05, 3.63) is 0 Å². The molecule has 2 heterocycles. The Hall–Kier alpha value is -1.04. The van der Waals surface area contributed by atoms with Gasteiger partial charge in [0.15, 0.2) is 0 Å². The summed E-state index contributed by atoms with van der Waals surface area (Å²) in [6.45, 7) is 5.62. The first-order chi connectivity index (χ1) is 9.85. The summed E-state index contributed by atoms with van der Waals surface area (Å²) < 4.78 is 28.0. The Morgan fingerprint density at radius 2 is 1.76 bits per heavy atom. The van der Waals surface area contributed by atoms with E-state index in [-0.39, 0.29) is 24.8 Å². The largest absolute Gasteiger partial charge is 0.336 e. The molecule has 120 valence electrons. The van der Waals surface area contributed by atoms with Crippen LogP contribution in [-0.2, 0) is 9.59 Å². The maximum Gasteiger partial charge on any atom is 0.274 e. The lowest BCUT2D eigenvalue weighted by Crippen LogP contribution is -2.54. The van der Waals surface area contributed by atoms with Crippen LogP contribution in [-0.4, -0.2) is 60.1 Å². The van der Waals surface area contributed by atoms with E-state index in [1.165, 1.54) is 11.8 Å². The Balaban J connectivity index is 1.94. The van der Waals surface area contributed by atoms with Crippen molar-refractivity contribution in [3.63, 3.8) is 0 Å². The second-order valence-corrected chi connectivity index (χ2v) is 6.18. The van der Waals surface area contributed by atoms with Crippen LogP contribution >= 0.6 is 0 Å². The number of carbonyl (C=O) groups excluding carboxylic acids is 2. The highest BCUT2D eigenvalue weighted by molar-refractivity contribution is 5.82. The molecule has 6 heteroatoms. The molecule has 1 unspecified atom stereocenters. The van der Waals surface area contributed by atoms with Crippen molar-refractivity contribution in [2.75, 3.05) is 32.7 Å². The number of alkyl halides is 2. The quantitative estimate of drug-likeness (QED) is 0.798. The van der Waals surface area contributed by atoms with E-state index in [1.807, 2.05) is 0 Å². The van der Waals surface area contributed by atoms with Gasteiger partial charge in [0.1, 0.15) is 5.78 Å². The van der Waals surface area contributed by atoms with Crippen molar-refractivity contribution in [1.29, 1.82) is 0 Å². The second kappa shape index (κ2) is 6.38. The van der Waals surface area contributed by atoms with Crippen molar-refractivity contribution >= 4 is 11.7 Å². The molecule has 0 aromatic heterocycles. The molecule has 2 rings (SSSR count). The summed E-state index contributed by atoms with van der Waals surface area (Å²) in [4.78, 5) is 27.2. The van der Waals surface area contributed by atoms with Crippen molar-refractivity contribution in [2.45, 2.75) is 39.0 Å². The molecular weight excluding hydrogens is 278 g/mol. The topological polar surface area (TPSA) is 40.6 Å². The average molecular weight is 302 g/mol. The maximum absolute atomic E-state index is 14.0. The summed E-state index contributed by atoms with van der Waals surface area (Å²) in [5, 5.41) is 0. The lowest BCUT2D eigenvalue weighted by atomic mass is 9.88. The third-order valence-electron chi connectivity index (χ3n) is 4.79. The van der Waals surface area contributed by atoms with Gasteiger partial charge in [0.2, 0.25) is 5.91 Å². The normalized spacial score (nSPS) is 27.6. The molecule has 0 N–H and O–H groups in total. The van der Waals surface area contributed by atoms with Gasteiger partial charge in [-0.3, -0.25) is 9.59 Å². The smallest absolute Gasteiger partial charge is 0.274 e. The van der Waals surface area contributed by atoms with E-state index in [2.05, 4.69) is 11.8 Å². The standard InChI is InChI=1S/C15H24F2N2O2/c1-3-18-7-4-12(5-8-18)14(21)19-9-6-13(11(2)20)15(16,17)10-19/h12-13H,3-10H2,1-2H3. The van der Waals surface area contributed by atoms with E-state index < -0.39 is 24.2 Å². The molecule has 2 fully saturated rings. The summed E-state index contributed by atoms with van der Waals surface area (Å²) in [7, 11) is 0. The monoisotopic (exact) mass is 302 g/mol. The lowest BCUT2D eigenvalue weighted by molar-refractivity contribution is -0.161. The number of nitrogens with zero attached hydrogens (tertiary/aromatic N) is 2. The molecule has 2 aliphatic rings. The second-order valence-electron chi connectivity index (χ2n) is 6.18. The molecule has 21 heavy (non-hydrogen) atoms. The highest BCUT2D eigenvalue weighted by Crippen LogP contribution is 2.34. The molecule has 0 spiro atoms. The van der Waals surface area contributed by atoms with Crippen LogP contribution in [0, 0.1) is 11.8 Å². The van der Waals surface area contributed by atoms with Crippen LogP contribution in [0.15, 0.2) is 0 Å².